The molecule has 1 aliphatic rings. The Bertz CT molecular complexity index is 971. The number of thiocarbonyl (C=S) groups is 1. The number of hydrogen-bond acceptors (Lipinski definition) is 5. The lowest BCUT2D eigenvalue weighted by molar-refractivity contribution is -0.122. The maximum Gasteiger partial charge on any atom is 0.266 e. The van der Waals surface area contributed by atoms with Crippen LogP contribution < -0.4 is 5.32 Å². The quantitative estimate of drug-likeness (QED) is 0.339. The van der Waals surface area contributed by atoms with Crippen LogP contribution in [-0.4, -0.2) is 32.7 Å². The third-order valence-electron chi connectivity index (χ3n) is 4.77. The van der Waals surface area contributed by atoms with Crippen molar-refractivity contribution in [1.82, 2.24) is 4.90 Å². The smallest absolute Gasteiger partial charge is 0.266 e. The normalized spacial score (nSPS) is 15.1. The number of aromatic hydroxyl groups is 1. The lowest BCUT2D eigenvalue weighted by Gasteiger charge is -2.14. The number of nitrogens with zero attached hydrogens (tertiary/aromatic N) is 1. The first kappa shape index (κ1) is 22.1. The number of para-hydroxylation sites is 1. The fraction of sp³-hybridized carbons (Fsp3) is 0.261. The van der Waals surface area contributed by atoms with Gasteiger partial charge in [-0.3, -0.25) is 14.5 Å². The molecule has 5 nitrogen and oxygen atoms in total. The molecule has 1 aliphatic heterocycles. The molecule has 1 fully saturated rings. The van der Waals surface area contributed by atoms with Crippen LogP contribution in [0.2, 0.25) is 0 Å². The van der Waals surface area contributed by atoms with Crippen LogP contribution >= 0.6 is 24.0 Å². The predicted molar refractivity (Wildman–Crippen MR) is 126 cm³/mol. The molecule has 30 heavy (non-hydrogen) atoms. The third kappa shape index (κ3) is 5.93. The summed E-state index contributed by atoms with van der Waals surface area (Å²) >= 11 is 6.65. The second-order valence-corrected chi connectivity index (χ2v) is 8.77. The summed E-state index contributed by atoms with van der Waals surface area (Å²) < 4.78 is 0.558. The Morgan fingerprint density at radius 1 is 1.13 bits per heavy atom. The number of carbonyl (C=O) groups excluding carboxylic acids is 2. The lowest BCUT2D eigenvalue weighted by Crippen LogP contribution is -2.29. The van der Waals surface area contributed by atoms with Crippen molar-refractivity contribution in [1.29, 1.82) is 0 Å². The van der Waals surface area contributed by atoms with Gasteiger partial charge in [-0.25, -0.2) is 0 Å². The Morgan fingerprint density at radius 3 is 2.60 bits per heavy atom. The van der Waals surface area contributed by atoms with Crippen LogP contribution in [0, 0.1) is 6.92 Å². The molecule has 0 atom stereocenters. The van der Waals surface area contributed by atoms with Gasteiger partial charge in [-0.05, 0) is 55.2 Å². The van der Waals surface area contributed by atoms with Gasteiger partial charge in [-0.2, -0.15) is 0 Å². The Labute approximate surface area is 186 Å². The number of rotatable bonds is 8. The summed E-state index contributed by atoms with van der Waals surface area (Å²) in [6.45, 7) is 2.52. The van der Waals surface area contributed by atoms with Crippen LogP contribution in [0.25, 0.3) is 6.08 Å². The molecular formula is C23H24N2O3S2. The molecule has 0 unspecified atom stereocenters. The number of thioether (sulfide) groups is 1. The van der Waals surface area contributed by atoms with Crippen LogP contribution in [0.1, 0.15) is 36.8 Å². The number of carbonyl (C=O) groups is 2. The van der Waals surface area contributed by atoms with Gasteiger partial charge in [0, 0.05) is 18.7 Å². The van der Waals surface area contributed by atoms with Crippen LogP contribution in [0.5, 0.6) is 5.75 Å². The van der Waals surface area contributed by atoms with Crippen molar-refractivity contribution in [3.05, 3.63) is 64.6 Å². The molecule has 2 aromatic carbocycles. The highest BCUT2D eigenvalue weighted by molar-refractivity contribution is 8.26. The van der Waals surface area contributed by atoms with E-state index in [1.54, 1.807) is 35.2 Å². The van der Waals surface area contributed by atoms with Crippen molar-refractivity contribution in [3.63, 3.8) is 0 Å². The summed E-state index contributed by atoms with van der Waals surface area (Å²) in [6.07, 6.45) is 4.63. The molecule has 0 radical (unpaired) electrons. The zero-order valence-corrected chi connectivity index (χ0v) is 18.4. The minimum absolute atomic E-state index is 0.00624. The minimum atomic E-state index is -0.0876. The van der Waals surface area contributed by atoms with E-state index in [9.17, 15) is 14.7 Å². The molecular weight excluding hydrogens is 416 g/mol. The van der Waals surface area contributed by atoms with Gasteiger partial charge in [0.2, 0.25) is 5.91 Å². The summed E-state index contributed by atoms with van der Waals surface area (Å²) in [5, 5.41) is 12.3. The fourth-order valence-corrected chi connectivity index (χ4v) is 4.38. The van der Waals surface area contributed by atoms with E-state index < -0.39 is 0 Å². The lowest BCUT2D eigenvalue weighted by atomic mass is 10.1. The first-order valence-corrected chi connectivity index (χ1v) is 11.1. The molecule has 156 valence electrons. The maximum absolute atomic E-state index is 12.6. The van der Waals surface area contributed by atoms with E-state index >= 15 is 0 Å². The average Bonchev–Trinajstić information content (AvgIpc) is 2.98. The standard InChI is InChI=1S/C23H24N2O3S2/c1-16-7-4-5-8-19(16)24-21(27)9-3-2-6-14-25-22(28)20(30-23(25)29)15-17-10-12-18(26)13-11-17/h4-5,7-8,10-13,15,26H,2-3,6,9,14H2,1H3,(H,24,27)/b20-15-. The molecule has 2 N–H and O–H groups in total. The second-order valence-electron chi connectivity index (χ2n) is 7.10. The maximum atomic E-state index is 12.6. The van der Waals surface area contributed by atoms with E-state index in [0.29, 0.717) is 22.2 Å². The van der Waals surface area contributed by atoms with Gasteiger partial charge < -0.3 is 10.4 Å². The third-order valence-corrected chi connectivity index (χ3v) is 6.15. The summed E-state index contributed by atoms with van der Waals surface area (Å²) in [5.74, 6) is 0.106. The molecule has 0 saturated carbocycles. The average molecular weight is 441 g/mol. The molecule has 7 heteroatoms. The first-order chi connectivity index (χ1) is 14.4. The van der Waals surface area contributed by atoms with E-state index in [2.05, 4.69) is 5.32 Å². The highest BCUT2D eigenvalue weighted by atomic mass is 32.2. The van der Waals surface area contributed by atoms with Crippen LogP contribution in [0.4, 0.5) is 5.69 Å². The van der Waals surface area contributed by atoms with Gasteiger partial charge in [0.05, 0.1) is 4.91 Å². The van der Waals surface area contributed by atoms with Crippen molar-refractivity contribution in [2.24, 2.45) is 0 Å². The summed E-state index contributed by atoms with van der Waals surface area (Å²) in [5.41, 5.74) is 2.73. The number of phenolic OH excluding ortho intramolecular Hbond substituents is 1. The Hall–Kier alpha value is -2.64. The molecule has 3 rings (SSSR count). The molecule has 0 aromatic heterocycles. The topological polar surface area (TPSA) is 69.6 Å². The molecule has 0 aliphatic carbocycles. The van der Waals surface area contributed by atoms with Gasteiger partial charge in [0.25, 0.3) is 5.91 Å². The summed E-state index contributed by atoms with van der Waals surface area (Å²) in [7, 11) is 0. The van der Waals surface area contributed by atoms with Gasteiger partial charge in [-0.15, -0.1) is 0 Å². The Morgan fingerprint density at radius 2 is 1.87 bits per heavy atom. The van der Waals surface area contributed by atoms with Gasteiger partial charge >= 0.3 is 0 Å². The van der Waals surface area contributed by atoms with Crippen LogP contribution in [-0.2, 0) is 9.59 Å². The van der Waals surface area contributed by atoms with Gasteiger partial charge in [-0.1, -0.05) is 60.7 Å². The fourth-order valence-electron chi connectivity index (χ4n) is 3.07. The minimum Gasteiger partial charge on any atom is -0.508 e. The van der Waals surface area contributed by atoms with Gasteiger partial charge in [0.15, 0.2) is 0 Å². The molecule has 0 spiro atoms. The Kier molecular flexibility index (Phi) is 7.65. The number of anilines is 1. The van der Waals surface area contributed by atoms with Crippen LogP contribution in [0.3, 0.4) is 0 Å². The van der Waals surface area contributed by atoms with Crippen molar-refractivity contribution in [3.8, 4) is 5.75 Å². The van der Waals surface area contributed by atoms with Crippen LogP contribution in [0.15, 0.2) is 53.4 Å². The second kappa shape index (κ2) is 10.4. The monoisotopic (exact) mass is 440 g/mol. The van der Waals surface area contributed by atoms with Crippen molar-refractivity contribution in [2.45, 2.75) is 32.6 Å². The summed E-state index contributed by atoms with van der Waals surface area (Å²) in [6, 6.07) is 14.4. The van der Waals surface area contributed by atoms with Crippen molar-refractivity contribution < 1.29 is 14.7 Å². The summed E-state index contributed by atoms with van der Waals surface area (Å²) in [4.78, 5) is 26.9. The number of phenols is 1. The highest BCUT2D eigenvalue weighted by Crippen LogP contribution is 2.33. The number of benzene rings is 2. The number of unbranched alkanes of at least 4 members (excludes halogenated alkanes) is 2. The molecule has 2 aromatic rings. The number of aryl methyl sites for hydroxylation is 1. The molecule has 2 amide bonds. The van der Waals surface area contributed by atoms with Gasteiger partial charge in [0.1, 0.15) is 10.1 Å². The Balaban J connectivity index is 1.42. The zero-order valence-electron chi connectivity index (χ0n) is 16.8. The number of nitrogens with one attached hydrogen (secondary N) is 1. The molecule has 1 heterocycles. The zero-order chi connectivity index (χ0) is 21.5. The van der Waals surface area contributed by atoms with E-state index in [1.807, 2.05) is 31.2 Å². The van der Waals surface area contributed by atoms with E-state index in [0.717, 1.165) is 36.1 Å². The van der Waals surface area contributed by atoms with Crippen molar-refractivity contribution in [2.75, 3.05) is 11.9 Å². The SMILES string of the molecule is Cc1ccccc1NC(=O)CCCCCN1C(=O)/C(=C/c2ccc(O)cc2)SC1=S. The predicted octanol–water partition coefficient (Wildman–Crippen LogP) is 5.10. The first-order valence-electron chi connectivity index (χ1n) is 9.84. The number of amides is 2. The molecule has 0 bridgehead atoms. The molecule has 1 saturated heterocycles. The largest absolute Gasteiger partial charge is 0.508 e. The highest BCUT2D eigenvalue weighted by Gasteiger charge is 2.31. The van der Waals surface area contributed by atoms with E-state index in [-0.39, 0.29) is 17.6 Å². The van der Waals surface area contributed by atoms with E-state index in [1.165, 1.54) is 11.8 Å². The van der Waals surface area contributed by atoms with E-state index in [4.69, 9.17) is 12.2 Å². The van der Waals surface area contributed by atoms with Crippen molar-refractivity contribution >= 4 is 51.9 Å². The number of hydrogen-bond donors (Lipinski definition) is 2.